The van der Waals surface area contributed by atoms with Gasteiger partial charge >= 0.3 is 6.09 Å². The number of ether oxygens (including phenoxy) is 1. The van der Waals surface area contributed by atoms with E-state index in [0.717, 1.165) is 25.7 Å². The third-order valence-corrected chi connectivity index (χ3v) is 6.26. The molecule has 0 spiro atoms. The summed E-state index contributed by atoms with van der Waals surface area (Å²) in [6.45, 7) is 0.639. The molecular weight excluding hydrogens is 427 g/mol. The molecule has 2 heterocycles. The minimum absolute atomic E-state index is 0.0474. The Kier molecular flexibility index (Phi) is 6.77. The highest BCUT2D eigenvalue weighted by Gasteiger charge is 2.35. The van der Waals surface area contributed by atoms with Crippen molar-refractivity contribution in [1.29, 1.82) is 5.26 Å². The summed E-state index contributed by atoms with van der Waals surface area (Å²) in [7, 11) is 0. The summed E-state index contributed by atoms with van der Waals surface area (Å²) < 4.78 is 20.4. The van der Waals surface area contributed by atoms with Gasteiger partial charge in [0.1, 0.15) is 17.5 Å². The zero-order valence-corrected chi connectivity index (χ0v) is 18.2. The molecule has 2 aliphatic rings. The highest BCUT2D eigenvalue weighted by atomic mass is 19.1. The second-order valence-corrected chi connectivity index (χ2v) is 8.55. The maximum Gasteiger partial charge on any atom is 0.410 e. The number of anilines is 2. The van der Waals surface area contributed by atoms with Gasteiger partial charge in [-0.1, -0.05) is 6.42 Å². The van der Waals surface area contributed by atoms with E-state index < -0.39 is 11.8 Å². The van der Waals surface area contributed by atoms with Crippen molar-refractivity contribution in [3.63, 3.8) is 0 Å². The third kappa shape index (κ3) is 5.25. The lowest BCUT2D eigenvalue weighted by Gasteiger charge is -2.35. The average molecular weight is 455 g/mol. The highest BCUT2D eigenvalue weighted by molar-refractivity contribution is 5.98. The molecule has 2 fully saturated rings. The quantitative estimate of drug-likeness (QED) is 0.709. The normalized spacial score (nSPS) is 21.3. The van der Waals surface area contributed by atoms with Crippen molar-refractivity contribution in [2.24, 2.45) is 11.7 Å². The number of nitrogens with zero attached hydrogens (tertiary/aromatic N) is 4. The van der Waals surface area contributed by atoms with Crippen LogP contribution in [-0.4, -0.2) is 45.9 Å². The standard InChI is InChI=1S/C23H27FN6O3/c24-16-6-8-17(9-7-16)27-22-19(21(26)31)14-30(28-22)20-10-11-29(13-15(20)12-25)23(32)33-18-4-2-1-3-5-18/h6-9,14-15,18,20H,1-5,10-11,13H2,(H2,26,31)(H,27,28). The van der Waals surface area contributed by atoms with E-state index in [9.17, 15) is 19.2 Å². The summed E-state index contributed by atoms with van der Waals surface area (Å²) in [6, 6.07) is 7.55. The number of hydrogen-bond acceptors (Lipinski definition) is 6. The third-order valence-electron chi connectivity index (χ3n) is 6.26. The van der Waals surface area contributed by atoms with Crippen LogP contribution < -0.4 is 11.1 Å². The number of nitriles is 1. The minimum atomic E-state index is -0.673. The summed E-state index contributed by atoms with van der Waals surface area (Å²) in [4.78, 5) is 26.2. The topological polar surface area (TPSA) is 126 Å². The lowest BCUT2D eigenvalue weighted by molar-refractivity contribution is 0.0329. The van der Waals surface area contributed by atoms with Crippen molar-refractivity contribution in [1.82, 2.24) is 14.7 Å². The van der Waals surface area contributed by atoms with Crippen LogP contribution in [0.5, 0.6) is 0 Å². The van der Waals surface area contributed by atoms with Gasteiger partial charge in [-0.05, 0) is 56.4 Å². The second-order valence-electron chi connectivity index (χ2n) is 8.55. The maximum atomic E-state index is 13.2. The molecule has 2 atom stereocenters. The van der Waals surface area contributed by atoms with E-state index in [-0.39, 0.29) is 42.0 Å². The molecule has 1 saturated heterocycles. The summed E-state index contributed by atoms with van der Waals surface area (Å²) in [6.07, 6.45) is 6.64. The maximum absolute atomic E-state index is 13.2. The minimum Gasteiger partial charge on any atom is -0.446 e. The molecular formula is C23H27FN6O3. The van der Waals surface area contributed by atoms with Crippen LogP contribution in [0.4, 0.5) is 20.7 Å². The van der Waals surface area contributed by atoms with Crippen molar-refractivity contribution in [2.75, 3.05) is 18.4 Å². The van der Waals surface area contributed by atoms with E-state index in [4.69, 9.17) is 10.5 Å². The smallest absolute Gasteiger partial charge is 0.410 e. The predicted octanol–water partition coefficient (Wildman–Crippen LogP) is 3.72. The molecule has 2 aromatic rings. The van der Waals surface area contributed by atoms with Crippen molar-refractivity contribution in [3.05, 3.63) is 41.8 Å². The van der Waals surface area contributed by atoms with Crippen LogP contribution >= 0.6 is 0 Å². The fraction of sp³-hybridized carbons (Fsp3) is 0.478. The Morgan fingerprint density at radius 1 is 1.18 bits per heavy atom. The van der Waals surface area contributed by atoms with E-state index in [1.165, 1.54) is 36.9 Å². The van der Waals surface area contributed by atoms with Crippen LogP contribution in [0.3, 0.4) is 0 Å². The number of carbonyl (C=O) groups excluding carboxylic acids is 2. The SMILES string of the molecule is N#CC1CN(C(=O)OC2CCCCC2)CCC1n1cc(C(N)=O)c(Nc2ccc(F)cc2)n1. The van der Waals surface area contributed by atoms with Crippen molar-refractivity contribution in [3.8, 4) is 6.07 Å². The Labute approximate surface area is 191 Å². The van der Waals surface area contributed by atoms with Gasteiger partial charge in [0.2, 0.25) is 0 Å². The Hall–Kier alpha value is -3.61. The van der Waals surface area contributed by atoms with Gasteiger partial charge in [-0.15, -0.1) is 0 Å². The van der Waals surface area contributed by atoms with Crippen LogP contribution in [0.1, 0.15) is 54.9 Å². The summed E-state index contributed by atoms with van der Waals surface area (Å²) in [5, 5.41) is 17.2. The molecule has 2 amide bonds. The molecule has 1 aromatic carbocycles. The first-order chi connectivity index (χ1) is 15.9. The fourth-order valence-electron chi connectivity index (χ4n) is 4.45. The monoisotopic (exact) mass is 454 g/mol. The van der Waals surface area contributed by atoms with Crippen LogP contribution in [-0.2, 0) is 4.74 Å². The molecule has 0 radical (unpaired) electrons. The summed E-state index contributed by atoms with van der Waals surface area (Å²) in [5.74, 6) is -1.36. The van der Waals surface area contributed by atoms with Gasteiger partial charge in [-0.25, -0.2) is 9.18 Å². The van der Waals surface area contributed by atoms with Crippen LogP contribution in [0.15, 0.2) is 30.5 Å². The number of amides is 2. The van der Waals surface area contributed by atoms with Crippen molar-refractivity contribution < 1.29 is 18.7 Å². The average Bonchev–Trinajstić information content (AvgIpc) is 3.24. The number of piperidine rings is 1. The summed E-state index contributed by atoms with van der Waals surface area (Å²) >= 11 is 0. The Morgan fingerprint density at radius 3 is 2.58 bits per heavy atom. The van der Waals surface area contributed by atoms with E-state index >= 15 is 0 Å². The van der Waals surface area contributed by atoms with Gasteiger partial charge in [-0.3, -0.25) is 9.48 Å². The number of nitrogens with one attached hydrogen (secondary N) is 1. The molecule has 9 nitrogen and oxygen atoms in total. The van der Waals surface area contributed by atoms with Gasteiger partial charge in [0.15, 0.2) is 5.82 Å². The molecule has 4 rings (SSSR count). The lowest BCUT2D eigenvalue weighted by atomic mass is 9.93. The lowest BCUT2D eigenvalue weighted by Crippen LogP contribution is -2.45. The van der Waals surface area contributed by atoms with Crippen LogP contribution in [0.2, 0.25) is 0 Å². The Morgan fingerprint density at radius 2 is 1.91 bits per heavy atom. The van der Waals surface area contributed by atoms with Crippen molar-refractivity contribution in [2.45, 2.75) is 50.7 Å². The van der Waals surface area contributed by atoms with E-state index in [1.54, 1.807) is 9.58 Å². The Bertz CT molecular complexity index is 1040. The molecule has 33 heavy (non-hydrogen) atoms. The number of benzene rings is 1. The van der Waals surface area contributed by atoms with Gasteiger partial charge in [0, 0.05) is 25.0 Å². The second kappa shape index (κ2) is 9.90. The Balaban J connectivity index is 1.47. The molecule has 3 N–H and O–H groups in total. The van der Waals surface area contributed by atoms with Gasteiger partial charge in [-0.2, -0.15) is 10.4 Å². The van der Waals surface area contributed by atoms with Crippen LogP contribution in [0, 0.1) is 23.1 Å². The number of aromatic nitrogens is 2. The molecule has 2 unspecified atom stereocenters. The number of primary amides is 1. The molecule has 1 aromatic heterocycles. The highest BCUT2D eigenvalue weighted by Crippen LogP contribution is 2.31. The first-order valence-corrected chi connectivity index (χ1v) is 11.2. The zero-order chi connectivity index (χ0) is 23.4. The van der Waals surface area contributed by atoms with E-state index in [0.29, 0.717) is 18.7 Å². The van der Waals surface area contributed by atoms with Crippen molar-refractivity contribution >= 4 is 23.5 Å². The fourth-order valence-corrected chi connectivity index (χ4v) is 4.45. The van der Waals surface area contributed by atoms with E-state index in [2.05, 4.69) is 16.5 Å². The molecule has 1 saturated carbocycles. The van der Waals surface area contributed by atoms with Gasteiger partial charge in [0.25, 0.3) is 5.91 Å². The van der Waals surface area contributed by atoms with Gasteiger partial charge < -0.3 is 20.7 Å². The molecule has 0 bridgehead atoms. The van der Waals surface area contributed by atoms with E-state index in [1.807, 2.05) is 0 Å². The molecule has 10 heteroatoms. The number of nitrogens with two attached hydrogens (primary N) is 1. The first kappa shape index (κ1) is 22.6. The number of rotatable bonds is 5. The number of likely N-dealkylation sites (tertiary alicyclic amines) is 1. The molecule has 174 valence electrons. The molecule has 1 aliphatic carbocycles. The number of halogens is 1. The number of carbonyl (C=O) groups is 2. The molecule has 1 aliphatic heterocycles. The zero-order valence-electron chi connectivity index (χ0n) is 18.2. The summed E-state index contributed by atoms with van der Waals surface area (Å²) in [5.41, 5.74) is 6.23. The largest absolute Gasteiger partial charge is 0.446 e. The first-order valence-electron chi connectivity index (χ1n) is 11.2. The van der Waals surface area contributed by atoms with Crippen LogP contribution in [0.25, 0.3) is 0 Å². The number of hydrogen-bond donors (Lipinski definition) is 2. The van der Waals surface area contributed by atoms with Gasteiger partial charge in [0.05, 0.1) is 18.0 Å². The predicted molar refractivity (Wildman–Crippen MR) is 118 cm³/mol.